The molecule has 7 nitrogen and oxygen atoms in total. The zero-order chi connectivity index (χ0) is 21.8. The predicted octanol–water partition coefficient (Wildman–Crippen LogP) is 3.81. The Labute approximate surface area is 188 Å². The van der Waals surface area contributed by atoms with Crippen LogP contribution in [0.5, 0.6) is 11.5 Å². The van der Waals surface area contributed by atoms with Gasteiger partial charge in [-0.3, -0.25) is 4.90 Å². The van der Waals surface area contributed by atoms with Gasteiger partial charge in [-0.25, -0.2) is 4.68 Å². The van der Waals surface area contributed by atoms with Crippen molar-refractivity contribution >= 4 is 17.9 Å². The number of hydrogen-bond donors (Lipinski definition) is 0. The van der Waals surface area contributed by atoms with Crippen molar-refractivity contribution in [2.75, 3.05) is 45.3 Å². The second kappa shape index (κ2) is 9.53. The molecule has 1 saturated heterocycles. The third-order valence-electron chi connectivity index (χ3n) is 5.75. The van der Waals surface area contributed by atoms with Gasteiger partial charge in [-0.05, 0) is 55.0 Å². The highest BCUT2D eigenvalue weighted by atomic mass is 32.1. The van der Waals surface area contributed by atoms with Gasteiger partial charge in [-0.1, -0.05) is 12.1 Å². The Balaban J connectivity index is 1.48. The van der Waals surface area contributed by atoms with E-state index in [0.29, 0.717) is 11.4 Å². The first-order valence-electron chi connectivity index (χ1n) is 10.5. The van der Waals surface area contributed by atoms with Gasteiger partial charge in [0, 0.05) is 38.9 Å². The molecular weight excluding hydrogens is 410 g/mol. The molecule has 4 rings (SSSR count). The van der Waals surface area contributed by atoms with E-state index < -0.39 is 0 Å². The molecule has 0 spiro atoms. The summed E-state index contributed by atoms with van der Waals surface area (Å²) in [7, 11) is 5.33. The average molecular weight is 440 g/mol. The summed E-state index contributed by atoms with van der Waals surface area (Å²) in [6, 6.07) is 16.2. The first-order chi connectivity index (χ1) is 15.1. The van der Waals surface area contributed by atoms with Crippen LogP contribution in [-0.4, -0.2) is 59.6 Å². The molecule has 0 saturated carbocycles. The lowest BCUT2D eigenvalue weighted by molar-refractivity contribution is 0.219. The van der Waals surface area contributed by atoms with Crippen molar-refractivity contribution in [3.05, 3.63) is 53.3 Å². The summed E-state index contributed by atoms with van der Waals surface area (Å²) < 4.78 is 15.4. The molecule has 0 unspecified atom stereocenters. The van der Waals surface area contributed by atoms with Crippen molar-refractivity contribution in [3.8, 4) is 22.9 Å². The van der Waals surface area contributed by atoms with Gasteiger partial charge in [0.05, 0.1) is 26.5 Å². The van der Waals surface area contributed by atoms with Crippen LogP contribution in [0.3, 0.4) is 0 Å². The van der Waals surface area contributed by atoms with Crippen LogP contribution in [0.1, 0.15) is 6.42 Å². The van der Waals surface area contributed by atoms with Gasteiger partial charge < -0.3 is 18.9 Å². The fourth-order valence-electron chi connectivity index (χ4n) is 4.00. The van der Waals surface area contributed by atoms with Gasteiger partial charge in [0.1, 0.15) is 11.5 Å². The molecule has 2 heterocycles. The van der Waals surface area contributed by atoms with E-state index in [9.17, 15) is 0 Å². The molecule has 164 valence electrons. The molecule has 8 heteroatoms. The molecule has 0 atom stereocenters. The van der Waals surface area contributed by atoms with E-state index in [2.05, 4.69) is 21.9 Å². The normalized spacial score (nSPS) is 15.0. The standard InChI is InChI=1S/C23H29N5O2S/c1-25-22(20-7-4-5-8-21(20)30-3)24-28(23(25)31)17-26-13-6-14-27(16-15-26)18-9-11-19(29-2)12-10-18/h4-5,7-12H,6,13-17H2,1-3H3. The number of ether oxygens (including phenoxy) is 2. The molecule has 0 amide bonds. The van der Waals surface area contributed by atoms with Crippen molar-refractivity contribution in [2.45, 2.75) is 13.1 Å². The van der Waals surface area contributed by atoms with E-state index in [1.54, 1.807) is 14.2 Å². The minimum atomic E-state index is 0.679. The maximum absolute atomic E-state index is 5.69. The largest absolute Gasteiger partial charge is 0.497 e. The molecule has 0 aliphatic carbocycles. The third-order valence-corrected chi connectivity index (χ3v) is 6.23. The quantitative estimate of drug-likeness (QED) is 0.545. The second-order valence-electron chi connectivity index (χ2n) is 7.66. The highest BCUT2D eigenvalue weighted by Gasteiger charge is 2.19. The highest BCUT2D eigenvalue weighted by Crippen LogP contribution is 2.28. The lowest BCUT2D eigenvalue weighted by atomic mass is 10.2. The number of methoxy groups -OCH3 is 2. The topological polar surface area (TPSA) is 47.7 Å². The molecule has 31 heavy (non-hydrogen) atoms. The summed E-state index contributed by atoms with van der Waals surface area (Å²) in [5, 5.41) is 4.84. The number of aromatic nitrogens is 3. The van der Waals surface area contributed by atoms with Crippen LogP contribution in [0.15, 0.2) is 48.5 Å². The highest BCUT2D eigenvalue weighted by molar-refractivity contribution is 7.71. The number of nitrogens with zero attached hydrogens (tertiary/aromatic N) is 5. The molecule has 1 aliphatic rings. The predicted molar refractivity (Wildman–Crippen MR) is 125 cm³/mol. The van der Waals surface area contributed by atoms with Crippen molar-refractivity contribution in [1.82, 2.24) is 19.2 Å². The fraction of sp³-hybridized carbons (Fsp3) is 0.391. The van der Waals surface area contributed by atoms with Gasteiger partial charge in [-0.2, -0.15) is 5.10 Å². The first-order valence-corrected chi connectivity index (χ1v) is 10.9. The van der Waals surface area contributed by atoms with E-state index in [1.807, 2.05) is 52.7 Å². The SMILES string of the molecule is COc1ccc(N2CCCN(Cn3nc(-c4ccccc4OC)n(C)c3=S)CC2)cc1. The molecule has 1 aliphatic heterocycles. The lowest BCUT2D eigenvalue weighted by Crippen LogP contribution is -2.32. The Morgan fingerprint density at radius 2 is 1.71 bits per heavy atom. The number of hydrogen-bond acceptors (Lipinski definition) is 6. The van der Waals surface area contributed by atoms with E-state index in [-0.39, 0.29) is 0 Å². The Bertz CT molecular complexity index is 1080. The van der Waals surface area contributed by atoms with Crippen LogP contribution >= 0.6 is 12.2 Å². The molecular formula is C23H29N5O2S. The van der Waals surface area contributed by atoms with E-state index >= 15 is 0 Å². The van der Waals surface area contributed by atoms with Crippen molar-refractivity contribution in [1.29, 1.82) is 0 Å². The number of para-hydroxylation sites is 1. The molecule has 2 aromatic carbocycles. The molecule has 0 N–H and O–H groups in total. The zero-order valence-electron chi connectivity index (χ0n) is 18.3. The molecule has 3 aromatic rings. The molecule has 0 radical (unpaired) electrons. The summed E-state index contributed by atoms with van der Waals surface area (Å²) in [5.74, 6) is 2.50. The van der Waals surface area contributed by atoms with Crippen LogP contribution in [0.4, 0.5) is 5.69 Å². The average Bonchev–Trinajstić information content (AvgIpc) is 2.97. The molecule has 1 fully saturated rings. The molecule has 0 bridgehead atoms. The summed E-state index contributed by atoms with van der Waals surface area (Å²) in [4.78, 5) is 4.84. The van der Waals surface area contributed by atoms with Gasteiger partial charge in [0.25, 0.3) is 0 Å². The van der Waals surface area contributed by atoms with Gasteiger partial charge >= 0.3 is 0 Å². The Kier molecular flexibility index (Phi) is 6.58. The molecule has 1 aromatic heterocycles. The van der Waals surface area contributed by atoms with Crippen molar-refractivity contribution in [3.63, 3.8) is 0 Å². The minimum Gasteiger partial charge on any atom is -0.497 e. The van der Waals surface area contributed by atoms with E-state index in [1.165, 1.54) is 5.69 Å². The van der Waals surface area contributed by atoms with Crippen molar-refractivity contribution in [2.24, 2.45) is 7.05 Å². The smallest absolute Gasteiger partial charge is 0.199 e. The summed E-state index contributed by atoms with van der Waals surface area (Å²) >= 11 is 5.69. The lowest BCUT2D eigenvalue weighted by Gasteiger charge is -2.23. The number of benzene rings is 2. The summed E-state index contributed by atoms with van der Waals surface area (Å²) in [5.41, 5.74) is 2.18. The van der Waals surface area contributed by atoms with Crippen LogP contribution in [0.25, 0.3) is 11.4 Å². The summed E-state index contributed by atoms with van der Waals surface area (Å²) in [6.45, 7) is 4.64. The maximum Gasteiger partial charge on any atom is 0.199 e. The number of anilines is 1. The van der Waals surface area contributed by atoms with Crippen LogP contribution in [0, 0.1) is 4.77 Å². The minimum absolute atomic E-state index is 0.679. The number of rotatable bonds is 6. The second-order valence-corrected chi connectivity index (χ2v) is 8.03. The van der Waals surface area contributed by atoms with E-state index in [0.717, 1.165) is 55.5 Å². The van der Waals surface area contributed by atoms with Crippen LogP contribution in [-0.2, 0) is 13.7 Å². The maximum atomic E-state index is 5.69. The van der Waals surface area contributed by atoms with E-state index in [4.69, 9.17) is 26.8 Å². The van der Waals surface area contributed by atoms with Crippen LogP contribution < -0.4 is 14.4 Å². The third kappa shape index (κ3) is 4.60. The Morgan fingerprint density at radius 1 is 0.935 bits per heavy atom. The fourth-order valence-corrected chi connectivity index (χ4v) is 4.18. The van der Waals surface area contributed by atoms with Gasteiger partial charge in [0.2, 0.25) is 0 Å². The Morgan fingerprint density at radius 3 is 2.45 bits per heavy atom. The van der Waals surface area contributed by atoms with Gasteiger partial charge in [-0.15, -0.1) is 0 Å². The van der Waals surface area contributed by atoms with Gasteiger partial charge in [0.15, 0.2) is 10.6 Å². The first kappa shape index (κ1) is 21.4. The van der Waals surface area contributed by atoms with Crippen molar-refractivity contribution < 1.29 is 9.47 Å². The Hall–Kier alpha value is -2.84. The zero-order valence-corrected chi connectivity index (χ0v) is 19.1. The monoisotopic (exact) mass is 439 g/mol. The van der Waals surface area contributed by atoms with Crippen LogP contribution in [0.2, 0.25) is 0 Å². The summed E-state index contributed by atoms with van der Waals surface area (Å²) in [6.07, 6.45) is 1.09.